The number of imidazole rings is 1. The standard InChI is InChI=1S/C11H16N2O3/c1-10(2,3)7-4-12-8(13-7)11(9(14)15)5-16-6-11/h4H,5-6H2,1-3H3,(H,12,13)(H,14,15). The Bertz CT molecular complexity index is 413. The number of carbonyl (C=O) groups is 1. The van der Waals surface area contributed by atoms with Gasteiger partial charge in [-0.15, -0.1) is 0 Å². The number of aromatic amines is 1. The summed E-state index contributed by atoms with van der Waals surface area (Å²) in [5, 5.41) is 9.21. The van der Waals surface area contributed by atoms with Crippen molar-refractivity contribution in [3.8, 4) is 0 Å². The van der Waals surface area contributed by atoms with Crippen molar-refractivity contribution in [3.63, 3.8) is 0 Å². The van der Waals surface area contributed by atoms with Gasteiger partial charge in [-0.25, -0.2) is 4.98 Å². The molecule has 5 nitrogen and oxygen atoms in total. The van der Waals surface area contributed by atoms with Gasteiger partial charge in [-0.3, -0.25) is 4.79 Å². The molecule has 0 aliphatic carbocycles. The van der Waals surface area contributed by atoms with Crippen LogP contribution in [0.5, 0.6) is 0 Å². The predicted molar refractivity (Wildman–Crippen MR) is 57.4 cm³/mol. The zero-order chi connectivity index (χ0) is 12.0. The number of aliphatic carboxylic acids is 1. The summed E-state index contributed by atoms with van der Waals surface area (Å²) in [6.07, 6.45) is 1.71. The predicted octanol–water partition coefficient (Wildman–Crippen LogP) is 1.06. The molecule has 0 amide bonds. The molecule has 1 aliphatic heterocycles. The average molecular weight is 224 g/mol. The van der Waals surface area contributed by atoms with E-state index in [4.69, 9.17) is 4.74 Å². The molecule has 2 heterocycles. The molecule has 2 rings (SSSR count). The van der Waals surface area contributed by atoms with Crippen LogP contribution in [0.25, 0.3) is 0 Å². The zero-order valence-corrected chi connectivity index (χ0v) is 9.70. The lowest BCUT2D eigenvalue weighted by molar-refractivity contribution is -0.164. The minimum absolute atomic E-state index is 0.0600. The van der Waals surface area contributed by atoms with E-state index in [-0.39, 0.29) is 18.6 Å². The van der Waals surface area contributed by atoms with E-state index < -0.39 is 11.4 Å². The molecule has 1 aromatic rings. The number of hydrogen-bond acceptors (Lipinski definition) is 3. The summed E-state index contributed by atoms with van der Waals surface area (Å²) >= 11 is 0. The Morgan fingerprint density at radius 3 is 2.50 bits per heavy atom. The lowest BCUT2D eigenvalue weighted by atomic mass is 9.85. The zero-order valence-electron chi connectivity index (χ0n) is 9.70. The van der Waals surface area contributed by atoms with E-state index in [0.29, 0.717) is 5.82 Å². The Morgan fingerprint density at radius 1 is 1.56 bits per heavy atom. The average Bonchev–Trinajstić information content (AvgIpc) is 2.48. The molecule has 88 valence electrons. The van der Waals surface area contributed by atoms with Crippen LogP contribution in [0.1, 0.15) is 32.3 Å². The van der Waals surface area contributed by atoms with Gasteiger partial charge in [0.15, 0.2) is 5.41 Å². The number of aromatic nitrogens is 2. The van der Waals surface area contributed by atoms with Gasteiger partial charge in [-0.2, -0.15) is 0 Å². The third kappa shape index (κ3) is 1.51. The maximum absolute atomic E-state index is 11.2. The molecule has 0 bridgehead atoms. The van der Waals surface area contributed by atoms with Crippen LogP contribution in [-0.4, -0.2) is 34.3 Å². The van der Waals surface area contributed by atoms with Crippen LogP contribution in [0, 0.1) is 0 Å². The molecule has 1 saturated heterocycles. The largest absolute Gasteiger partial charge is 0.480 e. The summed E-state index contributed by atoms with van der Waals surface area (Å²) in [5.74, 6) is -0.385. The highest BCUT2D eigenvalue weighted by molar-refractivity contribution is 5.81. The van der Waals surface area contributed by atoms with Gasteiger partial charge in [0.1, 0.15) is 5.82 Å². The van der Waals surface area contributed by atoms with E-state index in [1.807, 2.05) is 0 Å². The van der Waals surface area contributed by atoms with Crippen molar-refractivity contribution in [3.05, 3.63) is 17.7 Å². The van der Waals surface area contributed by atoms with Crippen molar-refractivity contribution in [2.45, 2.75) is 31.6 Å². The molecule has 0 radical (unpaired) electrons. The Labute approximate surface area is 93.8 Å². The van der Waals surface area contributed by atoms with Crippen molar-refractivity contribution in [1.82, 2.24) is 9.97 Å². The second kappa shape index (κ2) is 3.31. The number of rotatable bonds is 2. The fourth-order valence-electron chi connectivity index (χ4n) is 1.61. The van der Waals surface area contributed by atoms with Gasteiger partial charge in [-0.05, 0) is 0 Å². The van der Waals surface area contributed by atoms with Crippen molar-refractivity contribution in [2.24, 2.45) is 0 Å². The Balaban J connectivity index is 2.35. The van der Waals surface area contributed by atoms with Crippen molar-refractivity contribution >= 4 is 5.97 Å². The van der Waals surface area contributed by atoms with Crippen molar-refractivity contribution in [1.29, 1.82) is 0 Å². The van der Waals surface area contributed by atoms with Gasteiger partial charge in [-0.1, -0.05) is 20.8 Å². The van der Waals surface area contributed by atoms with Crippen molar-refractivity contribution in [2.75, 3.05) is 13.2 Å². The van der Waals surface area contributed by atoms with Gasteiger partial charge in [0.2, 0.25) is 0 Å². The van der Waals surface area contributed by atoms with E-state index in [2.05, 4.69) is 30.7 Å². The van der Waals surface area contributed by atoms with Crippen LogP contribution >= 0.6 is 0 Å². The molecule has 16 heavy (non-hydrogen) atoms. The van der Waals surface area contributed by atoms with E-state index in [1.54, 1.807) is 6.20 Å². The molecule has 1 fully saturated rings. The first kappa shape index (κ1) is 11.1. The summed E-state index contributed by atoms with van der Waals surface area (Å²) in [6.45, 7) is 6.54. The second-order valence-electron chi connectivity index (χ2n) is 5.28. The molecule has 0 unspecified atom stereocenters. The molecular weight excluding hydrogens is 208 g/mol. The topological polar surface area (TPSA) is 75.2 Å². The monoisotopic (exact) mass is 224 g/mol. The number of nitrogens with zero attached hydrogens (tertiary/aromatic N) is 1. The summed E-state index contributed by atoms with van der Waals surface area (Å²) in [7, 11) is 0. The van der Waals surface area contributed by atoms with Crippen LogP contribution in [0.2, 0.25) is 0 Å². The summed E-state index contributed by atoms with van der Waals surface area (Å²) < 4.78 is 5.01. The van der Waals surface area contributed by atoms with Gasteiger partial charge in [0.25, 0.3) is 0 Å². The van der Waals surface area contributed by atoms with Gasteiger partial charge in [0.05, 0.1) is 13.2 Å². The third-order valence-electron chi connectivity index (χ3n) is 2.94. The molecular formula is C11H16N2O3. The molecule has 1 aliphatic rings. The van der Waals surface area contributed by atoms with Crippen LogP contribution in [-0.2, 0) is 20.4 Å². The van der Waals surface area contributed by atoms with Crippen LogP contribution in [0.15, 0.2) is 6.20 Å². The second-order valence-corrected chi connectivity index (χ2v) is 5.28. The fourth-order valence-corrected chi connectivity index (χ4v) is 1.61. The Hall–Kier alpha value is -1.36. The van der Waals surface area contributed by atoms with E-state index >= 15 is 0 Å². The number of carboxylic acids is 1. The third-order valence-corrected chi connectivity index (χ3v) is 2.94. The normalized spacial score (nSPS) is 19.2. The summed E-state index contributed by atoms with van der Waals surface area (Å²) in [6, 6.07) is 0. The van der Waals surface area contributed by atoms with Crippen LogP contribution in [0.4, 0.5) is 0 Å². The molecule has 5 heteroatoms. The minimum atomic E-state index is -0.969. The lowest BCUT2D eigenvalue weighted by Crippen LogP contribution is -2.53. The lowest BCUT2D eigenvalue weighted by Gasteiger charge is -2.35. The highest BCUT2D eigenvalue weighted by atomic mass is 16.5. The molecule has 0 saturated carbocycles. The molecule has 0 atom stereocenters. The van der Waals surface area contributed by atoms with Crippen molar-refractivity contribution < 1.29 is 14.6 Å². The number of hydrogen-bond donors (Lipinski definition) is 2. The Kier molecular flexibility index (Phi) is 2.31. The maximum Gasteiger partial charge on any atom is 0.322 e. The number of H-pyrrole nitrogens is 1. The highest BCUT2D eigenvalue weighted by Gasteiger charge is 2.50. The van der Waals surface area contributed by atoms with Crippen LogP contribution in [0.3, 0.4) is 0 Å². The molecule has 1 aromatic heterocycles. The molecule has 2 N–H and O–H groups in total. The van der Waals surface area contributed by atoms with Gasteiger partial charge >= 0.3 is 5.97 Å². The minimum Gasteiger partial charge on any atom is -0.480 e. The first-order valence-electron chi connectivity index (χ1n) is 5.23. The van der Waals surface area contributed by atoms with Gasteiger partial charge in [0, 0.05) is 17.3 Å². The molecule has 0 spiro atoms. The van der Waals surface area contributed by atoms with E-state index in [9.17, 15) is 9.90 Å². The quantitative estimate of drug-likeness (QED) is 0.787. The summed E-state index contributed by atoms with van der Waals surface area (Å²) in [5.41, 5.74) is -0.0889. The molecule has 0 aromatic carbocycles. The number of carboxylic acid groups (broad SMARTS) is 1. The Morgan fingerprint density at radius 2 is 2.19 bits per heavy atom. The number of ether oxygens (including phenoxy) is 1. The highest BCUT2D eigenvalue weighted by Crippen LogP contribution is 2.32. The smallest absolute Gasteiger partial charge is 0.322 e. The SMILES string of the molecule is CC(C)(C)c1cnc(C2(C(=O)O)COC2)[nH]1. The first-order chi connectivity index (χ1) is 7.36. The van der Waals surface area contributed by atoms with E-state index in [0.717, 1.165) is 5.69 Å². The number of nitrogens with one attached hydrogen (secondary N) is 1. The first-order valence-corrected chi connectivity index (χ1v) is 5.23. The fraction of sp³-hybridized carbons (Fsp3) is 0.636. The van der Waals surface area contributed by atoms with Gasteiger partial charge < -0.3 is 14.8 Å². The van der Waals surface area contributed by atoms with E-state index in [1.165, 1.54) is 0 Å². The summed E-state index contributed by atoms with van der Waals surface area (Å²) in [4.78, 5) is 18.5. The van der Waals surface area contributed by atoms with Crippen LogP contribution < -0.4 is 0 Å². The maximum atomic E-state index is 11.2.